The van der Waals surface area contributed by atoms with Crippen LogP contribution in [0.5, 0.6) is 0 Å². The molecule has 0 spiro atoms. The Morgan fingerprint density at radius 2 is 2.04 bits per heavy atom. The summed E-state index contributed by atoms with van der Waals surface area (Å²) >= 11 is 0. The molecule has 144 valence electrons. The zero-order valence-electron chi connectivity index (χ0n) is 16.5. The summed E-state index contributed by atoms with van der Waals surface area (Å²) in [5.41, 5.74) is 1.20. The van der Waals surface area contributed by atoms with Gasteiger partial charge in [-0.3, -0.25) is 4.79 Å². The fourth-order valence-corrected chi connectivity index (χ4v) is 6.89. The number of carbonyl (C=O) groups excluding carboxylic acids is 1. The monoisotopic (exact) mass is 366 g/mol. The third kappa shape index (κ3) is 2.27. The summed E-state index contributed by atoms with van der Waals surface area (Å²) in [5.74, 6) is 6.99. The fourth-order valence-electron chi connectivity index (χ4n) is 6.89. The second-order valence-corrected chi connectivity index (χ2v) is 9.48. The van der Waals surface area contributed by atoms with E-state index in [0.29, 0.717) is 36.0 Å². The van der Waals surface area contributed by atoms with Gasteiger partial charge in [-0.25, -0.2) is 0 Å². The van der Waals surface area contributed by atoms with Gasteiger partial charge >= 0.3 is 0 Å². The van der Waals surface area contributed by atoms with Gasteiger partial charge in [-0.1, -0.05) is 50.5 Å². The summed E-state index contributed by atoms with van der Waals surface area (Å²) in [6.45, 7) is 12.7. The molecule has 3 heteroatoms. The van der Waals surface area contributed by atoms with Crippen LogP contribution >= 0.6 is 0 Å². The standard InChI is InChI=1S/C24H30O3/c1-15-16(2)24(27,10-5-13-25)23(4)12-9-20-19(21(15)23)7-6-17-14-18(26)8-11-22(17,20)3/h6,19-21,25,27H,1-2,7-9,11-14H2,3-4H3/t19-,20-,21+,22+,23+,24?/m1/s1. The number of hydrogen-bond donors (Lipinski definition) is 2. The number of ketones is 1. The van der Waals surface area contributed by atoms with Crippen LogP contribution in [0.25, 0.3) is 0 Å². The van der Waals surface area contributed by atoms with E-state index in [9.17, 15) is 15.0 Å². The number of allylic oxidation sites excluding steroid dienone is 2. The fraction of sp³-hybridized carbons (Fsp3) is 0.625. The predicted molar refractivity (Wildman–Crippen MR) is 106 cm³/mol. The molecule has 4 aliphatic carbocycles. The topological polar surface area (TPSA) is 57.5 Å². The smallest absolute Gasteiger partial charge is 0.156 e. The normalized spacial score (nSPS) is 46.0. The minimum atomic E-state index is -1.32. The Labute approximate surface area is 162 Å². The average molecular weight is 367 g/mol. The van der Waals surface area contributed by atoms with Crippen molar-refractivity contribution >= 4 is 5.78 Å². The van der Waals surface area contributed by atoms with Crippen molar-refractivity contribution in [2.75, 3.05) is 6.61 Å². The summed E-state index contributed by atoms with van der Waals surface area (Å²) in [7, 11) is 0. The molecule has 0 aliphatic heterocycles. The van der Waals surface area contributed by atoms with E-state index in [-0.39, 0.29) is 17.9 Å². The molecule has 27 heavy (non-hydrogen) atoms. The Bertz CT molecular complexity index is 824. The maximum absolute atomic E-state index is 12.0. The Hall–Kier alpha value is -1.63. The van der Waals surface area contributed by atoms with Crippen LogP contribution in [-0.4, -0.2) is 28.2 Å². The van der Waals surface area contributed by atoms with Crippen molar-refractivity contribution in [3.8, 4) is 11.8 Å². The van der Waals surface area contributed by atoms with Gasteiger partial charge < -0.3 is 10.2 Å². The number of aliphatic hydroxyl groups is 2. The first-order chi connectivity index (χ1) is 12.7. The largest absolute Gasteiger partial charge is 0.384 e. The third-order valence-electron chi connectivity index (χ3n) is 8.48. The molecule has 0 radical (unpaired) electrons. The van der Waals surface area contributed by atoms with E-state index in [4.69, 9.17) is 0 Å². The minimum absolute atomic E-state index is 0.0806. The number of carbonyl (C=O) groups is 1. The first-order valence-corrected chi connectivity index (χ1v) is 10.1. The van der Waals surface area contributed by atoms with Crippen LogP contribution in [0, 0.1) is 40.4 Å². The van der Waals surface area contributed by atoms with Crippen molar-refractivity contribution in [1.82, 2.24) is 0 Å². The van der Waals surface area contributed by atoms with Gasteiger partial charge in [-0.15, -0.1) is 0 Å². The van der Waals surface area contributed by atoms with Crippen molar-refractivity contribution in [1.29, 1.82) is 0 Å². The van der Waals surface area contributed by atoms with Crippen LogP contribution in [0.4, 0.5) is 0 Å². The molecule has 4 rings (SSSR count). The first-order valence-electron chi connectivity index (χ1n) is 10.1. The van der Waals surface area contributed by atoms with Crippen molar-refractivity contribution in [2.24, 2.45) is 28.6 Å². The molecule has 4 aliphatic rings. The van der Waals surface area contributed by atoms with E-state index in [1.165, 1.54) is 5.57 Å². The quantitative estimate of drug-likeness (QED) is 0.509. The number of Topliss-reactive ketones (excluding diaryl/α,β-unsaturated/α-hetero) is 1. The van der Waals surface area contributed by atoms with Crippen molar-refractivity contribution in [3.05, 3.63) is 36.0 Å². The molecule has 0 heterocycles. The van der Waals surface area contributed by atoms with Gasteiger partial charge in [-0.2, -0.15) is 0 Å². The highest BCUT2D eigenvalue weighted by Crippen LogP contribution is 2.69. The first kappa shape index (κ1) is 18.7. The zero-order chi connectivity index (χ0) is 19.6. The highest BCUT2D eigenvalue weighted by atomic mass is 16.3. The number of rotatable bonds is 0. The molecular formula is C24H30O3. The molecule has 0 aromatic rings. The lowest BCUT2D eigenvalue weighted by molar-refractivity contribution is -0.123. The molecule has 3 saturated carbocycles. The van der Waals surface area contributed by atoms with Gasteiger partial charge in [0, 0.05) is 18.3 Å². The van der Waals surface area contributed by atoms with Crippen LogP contribution in [0.3, 0.4) is 0 Å². The SMILES string of the molecule is C=C1C(=C)C(O)(C#CCO)[C@@]2(C)CC[C@@H]3[C@@H](CC=C4CC(=O)CC[C@@]43C)[C@H]12. The van der Waals surface area contributed by atoms with Crippen LogP contribution in [0.15, 0.2) is 36.0 Å². The lowest BCUT2D eigenvalue weighted by Crippen LogP contribution is -2.54. The molecule has 2 N–H and O–H groups in total. The minimum Gasteiger partial charge on any atom is -0.384 e. The van der Waals surface area contributed by atoms with E-state index in [2.05, 4.69) is 44.9 Å². The highest BCUT2D eigenvalue weighted by molar-refractivity contribution is 5.82. The summed E-state index contributed by atoms with van der Waals surface area (Å²) in [5, 5.41) is 20.7. The van der Waals surface area contributed by atoms with Gasteiger partial charge in [0.1, 0.15) is 12.4 Å². The highest BCUT2D eigenvalue weighted by Gasteiger charge is 2.66. The molecule has 6 atom stereocenters. The molecule has 3 nitrogen and oxygen atoms in total. The maximum atomic E-state index is 12.0. The number of aliphatic hydroxyl groups excluding tert-OH is 1. The second kappa shape index (κ2) is 5.93. The van der Waals surface area contributed by atoms with E-state index >= 15 is 0 Å². The molecule has 0 amide bonds. The van der Waals surface area contributed by atoms with Gasteiger partial charge in [0.15, 0.2) is 5.60 Å². The maximum Gasteiger partial charge on any atom is 0.156 e. The molecule has 0 saturated heterocycles. The molecule has 3 fully saturated rings. The van der Waals surface area contributed by atoms with Crippen LogP contribution in [0.2, 0.25) is 0 Å². The average Bonchev–Trinajstić information content (AvgIpc) is 2.79. The van der Waals surface area contributed by atoms with Crippen LogP contribution in [-0.2, 0) is 4.79 Å². The van der Waals surface area contributed by atoms with E-state index in [0.717, 1.165) is 31.3 Å². The van der Waals surface area contributed by atoms with Crippen molar-refractivity contribution in [3.63, 3.8) is 0 Å². The third-order valence-corrected chi connectivity index (χ3v) is 8.48. The molecular weight excluding hydrogens is 336 g/mol. The van der Waals surface area contributed by atoms with E-state index in [1.807, 2.05) is 0 Å². The van der Waals surface area contributed by atoms with Gasteiger partial charge in [0.05, 0.1) is 0 Å². The number of hydrogen-bond acceptors (Lipinski definition) is 3. The Kier molecular flexibility index (Phi) is 4.11. The molecule has 0 aromatic heterocycles. The van der Waals surface area contributed by atoms with E-state index < -0.39 is 11.0 Å². The van der Waals surface area contributed by atoms with E-state index in [1.54, 1.807) is 0 Å². The van der Waals surface area contributed by atoms with Crippen LogP contribution < -0.4 is 0 Å². The summed E-state index contributed by atoms with van der Waals surface area (Å²) in [4.78, 5) is 12.0. The Morgan fingerprint density at radius 1 is 1.30 bits per heavy atom. The molecule has 0 bridgehead atoms. The lowest BCUT2D eigenvalue weighted by Gasteiger charge is -2.57. The predicted octanol–water partition coefficient (Wildman–Crippen LogP) is 3.58. The summed E-state index contributed by atoms with van der Waals surface area (Å²) in [6, 6.07) is 0. The zero-order valence-corrected chi connectivity index (χ0v) is 16.5. The Morgan fingerprint density at radius 3 is 2.74 bits per heavy atom. The summed E-state index contributed by atoms with van der Waals surface area (Å²) < 4.78 is 0. The summed E-state index contributed by atoms with van der Waals surface area (Å²) in [6.07, 6.45) is 7.33. The lowest BCUT2D eigenvalue weighted by atomic mass is 9.47. The van der Waals surface area contributed by atoms with Crippen molar-refractivity contribution in [2.45, 2.75) is 58.0 Å². The second-order valence-electron chi connectivity index (χ2n) is 9.48. The van der Waals surface area contributed by atoms with Crippen molar-refractivity contribution < 1.29 is 15.0 Å². The number of fused-ring (bicyclic) bond motifs is 5. The molecule has 0 aromatic carbocycles. The van der Waals surface area contributed by atoms with Crippen LogP contribution in [0.1, 0.15) is 52.4 Å². The van der Waals surface area contributed by atoms with Gasteiger partial charge in [0.2, 0.25) is 0 Å². The Balaban J connectivity index is 1.78. The molecule has 1 unspecified atom stereocenters. The van der Waals surface area contributed by atoms with Gasteiger partial charge in [0.25, 0.3) is 0 Å². The van der Waals surface area contributed by atoms with Gasteiger partial charge in [-0.05, 0) is 60.0 Å².